The van der Waals surface area contributed by atoms with Crippen molar-refractivity contribution in [1.82, 2.24) is 15.4 Å². The summed E-state index contributed by atoms with van der Waals surface area (Å²) in [5, 5.41) is 6.90. The maximum atomic E-state index is 13.7. The molecule has 2 amide bonds. The number of hydrogen-bond donors (Lipinski definition) is 3. The Morgan fingerprint density at radius 2 is 1.49 bits per heavy atom. The molecule has 3 N–H and O–H groups in total. The minimum Gasteiger partial charge on any atom is -0.459 e. The molecule has 0 aliphatic heterocycles. The van der Waals surface area contributed by atoms with Gasteiger partial charge < -0.3 is 15.4 Å². The number of rotatable bonds is 10. The quantitative estimate of drug-likeness (QED) is 0.379. The lowest BCUT2D eigenvalue weighted by Crippen LogP contribution is -2.58. The van der Waals surface area contributed by atoms with Gasteiger partial charge in [-0.05, 0) is 61.4 Å². The van der Waals surface area contributed by atoms with Gasteiger partial charge in [0, 0.05) is 7.05 Å². The number of esters is 1. The van der Waals surface area contributed by atoms with Crippen molar-refractivity contribution >= 4 is 38.6 Å². The van der Waals surface area contributed by atoms with Crippen molar-refractivity contribution in [3.63, 3.8) is 0 Å². The highest BCUT2D eigenvalue weighted by molar-refractivity contribution is 7.89. The highest BCUT2D eigenvalue weighted by Gasteiger charge is 2.42. The molecule has 216 valence electrons. The molecule has 0 fully saturated rings. The molecule has 2 rings (SSSR count). The van der Waals surface area contributed by atoms with E-state index in [0.717, 1.165) is 5.39 Å². The van der Waals surface area contributed by atoms with Crippen molar-refractivity contribution in [2.45, 2.75) is 84.4 Å². The molecule has 0 unspecified atom stereocenters. The molecule has 0 saturated heterocycles. The number of carbonyl (C=O) groups is 3. The Bertz CT molecular complexity index is 1290. The summed E-state index contributed by atoms with van der Waals surface area (Å²) < 4.78 is 35.2. The lowest BCUT2D eigenvalue weighted by atomic mass is 9.84. The Morgan fingerprint density at radius 3 is 2.00 bits per heavy atom. The van der Waals surface area contributed by atoms with Crippen LogP contribution in [0.2, 0.25) is 0 Å². The van der Waals surface area contributed by atoms with Crippen LogP contribution in [-0.2, 0) is 29.1 Å². The second-order valence-electron chi connectivity index (χ2n) is 12.3. The largest absolute Gasteiger partial charge is 0.459 e. The van der Waals surface area contributed by atoms with E-state index in [1.54, 1.807) is 59.7 Å². The molecule has 0 aromatic heterocycles. The fourth-order valence-corrected chi connectivity index (χ4v) is 5.46. The highest BCUT2D eigenvalue weighted by atomic mass is 32.2. The van der Waals surface area contributed by atoms with E-state index in [2.05, 4.69) is 15.4 Å². The predicted molar refractivity (Wildman–Crippen MR) is 152 cm³/mol. The monoisotopic (exact) mass is 561 g/mol. The van der Waals surface area contributed by atoms with Gasteiger partial charge in [-0.25, -0.2) is 8.42 Å². The van der Waals surface area contributed by atoms with Crippen LogP contribution < -0.4 is 15.4 Å². The Labute approximate surface area is 232 Å². The van der Waals surface area contributed by atoms with Gasteiger partial charge in [0.05, 0.1) is 10.8 Å². The summed E-state index contributed by atoms with van der Waals surface area (Å²) in [4.78, 5) is 39.8. The summed E-state index contributed by atoms with van der Waals surface area (Å²) in [6.45, 7) is 14.1. The van der Waals surface area contributed by atoms with Gasteiger partial charge in [-0.15, -0.1) is 0 Å². The number of nitrogens with one attached hydrogen (secondary N) is 3. The normalized spacial score (nSPS) is 14.9. The van der Waals surface area contributed by atoms with Gasteiger partial charge in [0.15, 0.2) is 0 Å². The van der Waals surface area contributed by atoms with Gasteiger partial charge in [0.25, 0.3) is 0 Å². The van der Waals surface area contributed by atoms with Crippen molar-refractivity contribution in [1.29, 1.82) is 0 Å². The first-order valence-corrected chi connectivity index (χ1v) is 14.6. The van der Waals surface area contributed by atoms with E-state index in [1.165, 1.54) is 19.2 Å². The molecule has 3 atom stereocenters. The van der Waals surface area contributed by atoms with Gasteiger partial charge in [-0.1, -0.05) is 65.0 Å². The van der Waals surface area contributed by atoms with E-state index in [4.69, 9.17) is 4.74 Å². The van der Waals surface area contributed by atoms with Crippen LogP contribution in [-0.4, -0.2) is 50.9 Å². The van der Waals surface area contributed by atoms with Gasteiger partial charge in [-0.3, -0.25) is 14.4 Å². The Balaban J connectivity index is 2.56. The van der Waals surface area contributed by atoms with E-state index in [0.29, 0.717) is 5.39 Å². The molecule has 0 saturated carbocycles. The van der Waals surface area contributed by atoms with Crippen molar-refractivity contribution in [2.75, 3.05) is 7.05 Å². The third kappa shape index (κ3) is 9.03. The van der Waals surface area contributed by atoms with E-state index in [-0.39, 0.29) is 17.2 Å². The molecule has 0 aliphatic carbocycles. The summed E-state index contributed by atoms with van der Waals surface area (Å²) in [6.07, 6.45) is 0.167. The van der Waals surface area contributed by atoms with Gasteiger partial charge >= 0.3 is 5.97 Å². The van der Waals surface area contributed by atoms with Gasteiger partial charge in [-0.2, -0.15) is 4.72 Å². The average Bonchev–Trinajstić information content (AvgIpc) is 2.81. The lowest BCUT2D eigenvalue weighted by molar-refractivity contribution is -0.160. The first-order chi connectivity index (χ1) is 17.9. The molecule has 0 aliphatic rings. The first-order valence-electron chi connectivity index (χ1n) is 13.1. The smallest absolute Gasteiger partial charge is 0.325 e. The van der Waals surface area contributed by atoms with Crippen LogP contribution in [0.5, 0.6) is 0 Å². The molecule has 39 heavy (non-hydrogen) atoms. The van der Waals surface area contributed by atoms with E-state index >= 15 is 0 Å². The maximum Gasteiger partial charge on any atom is 0.325 e. The van der Waals surface area contributed by atoms with Crippen molar-refractivity contribution in [3.8, 4) is 0 Å². The Hall–Kier alpha value is -2.98. The molecular weight excluding hydrogens is 518 g/mol. The molecule has 2 aromatic rings. The van der Waals surface area contributed by atoms with Crippen LogP contribution in [0.25, 0.3) is 10.8 Å². The van der Waals surface area contributed by atoms with Crippen molar-refractivity contribution in [2.24, 2.45) is 17.3 Å². The Kier molecular flexibility index (Phi) is 10.3. The fourth-order valence-electron chi connectivity index (χ4n) is 4.20. The van der Waals surface area contributed by atoms with Gasteiger partial charge in [0.1, 0.15) is 17.7 Å². The molecule has 10 heteroatoms. The summed E-state index contributed by atoms with van der Waals surface area (Å²) in [5.74, 6) is -3.12. The lowest BCUT2D eigenvalue weighted by Gasteiger charge is -2.34. The molecule has 9 nitrogen and oxygen atoms in total. The Morgan fingerprint density at radius 1 is 0.897 bits per heavy atom. The van der Waals surface area contributed by atoms with Crippen LogP contribution in [0, 0.1) is 17.3 Å². The minimum atomic E-state index is -4.25. The van der Waals surface area contributed by atoms with Crippen LogP contribution in [0.4, 0.5) is 0 Å². The molecule has 0 heterocycles. The second-order valence-corrected chi connectivity index (χ2v) is 14.0. The SMILES string of the molecule is CNC(=O)[C@@H](NC(=O)[C@H](CC(C)C)[C@H](NS(=O)(=O)c1ccc2ccccc2c1)C(=O)OC(C)(C)C)C(C)(C)C. The summed E-state index contributed by atoms with van der Waals surface area (Å²) in [5.41, 5.74) is -1.58. The number of ether oxygens (including phenoxy) is 1. The standard InChI is InChI=1S/C29H43N3O6S/c1-18(2)16-22(25(33)31-24(26(34)30-9)28(3,4)5)23(27(35)38-29(6,7)8)32-39(36,37)21-15-14-19-12-10-11-13-20(19)17-21/h10-15,17-18,22-24,32H,16H2,1-9H3,(H,30,34)(H,31,33)/t22-,23+,24-/m1/s1. The van der Waals surface area contributed by atoms with Crippen molar-refractivity contribution in [3.05, 3.63) is 42.5 Å². The molecule has 2 aromatic carbocycles. The number of hydrogen-bond acceptors (Lipinski definition) is 6. The van der Waals surface area contributed by atoms with Crippen LogP contribution in [0.1, 0.15) is 61.8 Å². The minimum absolute atomic E-state index is 0.0450. The van der Waals surface area contributed by atoms with Gasteiger partial charge in [0.2, 0.25) is 21.8 Å². The summed E-state index contributed by atoms with van der Waals surface area (Å²) >= 11 is 0. The zero-order valence-electron chi connectivity index (χ0n) is 24.4. The summed E-state index contributed by atoms with van der Waals surface area (Å²) in [6, 6.07) is 9.52. The molecular formula is C29H43N3O6S. The third-order valence-electron chi connectivity index (χ3n) is 6.10. The van der Waals surface area contributed by atoms with Crippen LogP contribution in [0.15, 0.2) is 47.4 Å². The number of carbonyl (C=O) groups excluding carboxylic acids is 3. The number of benzene rings is 2. The predicted octanol–water partition coefficient (Wildman–Crippen LogP) is 3.77. The zero-order valence-corrected chi connectivity index (χ0v) is 25.2. The first kappa shape index (κ1) is 32.2. The number of likely N-dealkylation sites (N-methyl/N-ethyl adjacent to an activating group) is 1. The van der Waals surface area contributed by atoms with Crippen LogP contribution in [0.3, 0.4) is 0 Å². The zero-order chi connectivity index (χ0) is 29.8. The number of amides is 2. The number of sulfonamides is 1. The van der Waals surface area contributed by atoms with Crippen LogP contribution >= 0.6 is 0 Å². The summed E-state index contributed by atoms with van der Waals surface area (Å²) in [7, 11) is -2.78. The number of fused-ring (bicyclic) bond motifs is 1. The maximum absolute atomic E-state index is 13.7. The fraction of sp³-hybridized carbons (Fsp3) is 0.552. The van der Waals surface area contributed by atoms with E-state index < -0.39 is 56.8 Å². The third-order valence-corrected chi connectivity index (χ3v) is 7.54. The van der Waals surface area contributed by atoms with E-state index in [9.17, 15) is 22.8 Å². The molecule has 0 spiro atoms. The topological polar surface area (TPSA) is 131 Å². The molecule has 0 bridgehead atoms. The molecule has 0 radical (unpaired) electrons. The average molecular weight is 562 g/mol. The van der Waals surface area contributed by atoms with Crippen molar-refractivity contribution < 1.29 is 27.5 Å². The highest BCUT2D eigenvalue weighted by Crippen LogP contribution is 2.26. The second kappa shape index (κ2) is 12.5. The van der Waals surface area contributed by atoms with E-state index in [1.807, 2.05) is 26.0 Å².